The maximum absolute atomic E-state index is 15.1. The SMILES string of the molecule is Cc1nc(C#Cc2cccc3c2COCCN3c2nc(=O)n(C(O)(O)O)c3cccc(F)c23)co1. The second-order valence-electron chi connectivity index (χ2n) is 7.80. The summed E-state index contributed by atoms with van der Waals surface area (Å²) < 4.78 is 26.2. The van der Waals surface area contributed by atoms with Crippen LogP contribution in [0.5, 0.6) is 0 Å². The average molecular weight is 478 g/mol. The zero-order valence-corrected chi connectivity index (χ0v) is 18.4. The van der Waals surface area contributed by atoms with Crippen LogP contribution in [-0.2, 0) is 17.4 Å². The molecule has 0 bridgehead atoms. The van der Waals surface area contributed by atoms with E-state index >= 15 is 4.39 Å². The predicted octanol–water partition coefficient (Wildman–Crippen LogP) is 1.44. The number of aromatic nitrogens is 3. The number of hydrogen-bond acceptors (Lipinski definition) is 9. The second kappa shape index (κ2) is 8.61. The second-order valence-corrected chi connectivity index (χ2v) is 7.80. The summed E-state index contributed by atoms with van der Waals surface area (Å²) in [6.07, 6.45) is -2.12. The molecule has 2 aromatic heterocycles. The van der Waals surface area contributed by atoms with E-state index in [0.717, 1.165) is 6.07 Å². The number of hydrogen-bond donors (Lipinski definition) is 3. The summed E-state index contributed by atoms with van der Waals surface area (Å²) in [6, 6.07) is 9.03. The number of fused-ring (bicyclic) bond motifs is 2. The van der Waals surface area contributed by atoms with Crippen molar-refractivity contribution in [2.75, 3.05) is 18.1 Å². The first-order chi connectivity index (χ1) is 16.7. The molecule has 0 saturated carbocycles. The van der Waals surface area contributed by atoms with Crippen LogP contribution in [0.1, 0.15) is 22.7 Å². The third kappa shape index (κ3) is 4.16. The Kier molecular flexibility index (Phi) is 5.58. The molecule has 0 atom stereocenters. The van der Waals surface area contributed by atoms with E-state index in [4.69, 9.17) is 9.15 Å². The lowest BCUT2D eigenvalue weighted by molar-refractivity contribution is -0.374. The molecule has 178 valence electrons. The molecule has 35 heavy (non-hydrogen) atoms. The summed E-state index contributed by atoms with van der Waals surface area (Å²) in [6.45, 7) is 2.37. The predicted molar refractivity (Wildman–Crippen MR) is 121 cm³/mol. The van der Waals surface area contributed by atoms with Gasteiger partial charge in [-0.2, -0.15) is 4.98 Å². The van der Waals surface area contributed by atoms with Crippen LogP contribution in [0.15, 0.2) is 51.9 Å². The molecular formula is C24H19FN4O6. The molecule has 0 radical (unpaired) electrons. The largest absolute Gasteiger partial charge is 0.448 e. The maximum atomic E-state index is 15.1. The molecule has 4 aromatic rings. The molecule has 0 saturated heterocycles. The molecule has 11 heteroatoms. The van der Waals surface area contributed by atoms with Crippen LogP contribution in [0.2, 0.25) is 0 Å². The molecule has 0 fully saturated rings. The monoisotopic (exact) mass is 478 g/mol. The first kappa shape index (κ1) is 22.7. The third-order valence-electron chi connectivity index (χ3n) is 5.50. The molecule has 0 amide bonds. The molecule has 10 nitrogen and oxygen atoms in total. The van der Waals surface area contributed by atoms with E-state index in [2.05, 4.69) is 21.8 Å². The maximum Gasteiger partial charge on any atom is 0.377 e. The van der Waals surface area contributed by atoms with Gasteiger partial charge in [0.15, 0.2) is 17.4 Å². The molecule has 3 heterocycles. The number of benzene rings is 2. The van der Waals surface area contributed by atoms with E-state index in [1.165, 1.54) is 18.4 Å². The number of nitrogens with zero attached hydrogens (tertiary/aromatic N) is 4. The fraction of sp³-hybridized carbons (Fsp3) is 0.208. The molecular weight excluding hydrogens is 459 g/mol. The minimum Gasteiger partial charge on any atom is -0.448 e. The van der Waals surface area contributed by atoms with Gasteiger partial charge in [0.25, 0.3) is 0 Å². The molecule has 0 spiro atoms. The standard InChI is InChI=1S/C24H19FN4O6/c1-14-26-16(12-35-14)9-8-15-4-2-6-19-17(15)13-34-11-10-28(19)22-21-18(25)5-3-7-20(21)29(23(30)27-22)24(31,32)33/h2-7,12,31-33H,10-11,13H2,1H3. The van der Waals surface area contributed by atoms with Gasteiger partial charge in [0.2, 0.25) is 0 Å². The fourth-order valence-corrected chi connectivity index (χ4v) is 4.02. The van der Waals surface area contributed by atoms with Crippen LogP contribution in [0, 0.1) is 24.6 Å². The van der Waals surface area contributed by atoms with Gasteiger partial charge < -0.3 is 29.4 Å². The van der Waals surface area contributed by atoms with Crippen LogP contribution in [0.3, 0.4) is 0 Å². The number of rotatable bonds is 2. The topological polar surface area (TPSA) is 134 Å². The fourth-order valence-electron chi connectivity index (χ4n) is 4.02. The third-order valence-corrected chi connectivity index (χ3v) is 5.50. The summed E-state index contributed by atoms with van der Waals surface area (Å²) >= 11 is 0. The van der Waals surface area contributed by atoms with E-state index < -0.39 is 17.6 Å². The van der Waals surface area contributed by atoms with Crippen LogP contribution >= 0.6 is 0 Å². The van der Waals surface area contributed by atoms with Crippen molar-refractivity contribution in [3.05, 3.63) is 81.7 Å². The zero-order valence-electron chi connectivity index (χ0n) is 18.4. The van der Waals surface area contributed by atoms with Crippen molar-refractivity contribution in [1.82, 2.24) is 14.5 Å². The Morgan fingerprint density at radius 3 is 2.66 bits per heavy atom. The Balaban J connectivity index is 1.72. The average Bonchev–Trinajstić information content (AvgIpc) is 3.09. The number of ether oxygens (including phenoxy) is 1. The van der Waals surface area contributed by atoms with Crippen molar-refractivity contribution in [3.63, 3.8) is 0 Å². The smallest absolute Gasteiger partial charge is 0.377 e. The Bertz CT molecular complexity index is 1560. The lowest BCUT2D eigenvalue weighted by Crippen LogP contribution is -2.43. The van der Waals surface area contributed by atoms with Crippen molar-refractivity contribution in [3.8, 4) is 11.8 Å². The quantitative estimate of drug-likeness (QED) is 0.289. The van der Waals surface area contributed by atoms with Gasteiger partial charge in [0.05, 0.1) is 24.1 Å². The number of halogens is 1. The Hall–Kier alpha value is -4.08. The van der Waals surface area contributed by atoms with Crippen molar-refractivity contribution in [2.45, 2.75) is 19.6 Å². The molecule has 5 rings (SSSR count). The number of aryl methyl sites for hydroxylation is 1. The van der Waals surface area contributed by atoms with Gasteiger partial charge in [-0.1, -0.05) is 18.1 Å². The van der Waals surface area contributed by atoms with E-state index in [-0.39, 0.29) is 41.0 Å². The van der Waals surface area contributed by atoms with Gasteiger partial charge in [0.1, 0.15) is 12.1 Å². The summed E-state index contributed by atoms with van der Waals surface area (Å²) in [5, 5.41) is 28.9. The van der Waals surface area contributed by atoms with E-state index in [1.807, 2.05) is 0 Å². The highest BCUT2D eigenvalue weighted by molar-refractivity contribution is 5.93. The number of aliphatic hydroxyl groups is 3. The highest BCUT2D eigenvalue weighted by Gasteiger charge is 2.31. The number of oxazole rings is 1. The zero-order chi connectivity index (χ0) is 24.7. The van der Waals surface area contributed by atoms with Gasteiger partial charge in [-0.3, -0.25) is 0 Å². The Labute approximate surface area is 197 Å². The first-order valence-corrected chi connectivity index (χ1v) is 10.5. The minimum absolute atomic E-state index is 0.0624. The van der Waals surface area contributed by atoms with E-state index in [9.17, 15) is 20.1 Å². The molecule has 1 aliphatic heterocycles. The molecule has 0 aliphatic carbocycles. The van der Waals surface area contributed by atoms with Crippen LogP contribution in [0.25, 0.3) is 10.9 Å². The summed E-state index contributed by atoms with van der Waals surface area (Å²) in [5.41, 5.74) is 0.932. The van der Waals surface area contributed by atoms with E-state index in [0.29, 0.717) is 28.4 Å². The highest BCUT2D eigenvalue weighted by Crippen LogP contribution is 2.36. The Morgan fingerprint density at radius 1 is 1.11 bits per heavy atom. The first-order valence-electron chi connectivity index (χ1n) is 10.5. The summed E-state index contributed by atoms with van der Waals surface area (Å²) in [4.78, 5) is 22.4. The van der Waals surface area contributed by atoms with Crippen molar-refractivity contribution in [1.29, 1.82) is 0 Å². The van der Waals surface area contributed by atoms with Crippen LogP contribution in [0.4, 0.5) is 15.9 Å². The molecule has 1 aliphatic rings. The lowest BCUT2D eigenvalue weighted by Gasteiger charge is -2.27. The lowest BCUT2D eigenvalue weighted by atomic mass is 10.0. The van der Waals surface area contributed by atoms with Crippen molar-refractivity contribution >= 4 is 22.4 Å². The summed E-state index contributed by atoms with van der Waals surface area (Å²) in [7, 11) is 0. The normalized spacial score (nSPS) is 13.8. The summed E-state index contributed by atoms with van der Waals surface area (Å²) in [5.74, 6) is 5.65. The van der Waals surface area contributed by atoms with Crippen LogP contribution in [-0.4, -0.2) is 43.0 Å². The highest BCUT2D eigenvalue weighted by atomic mass is 19.1. The van der Waals surface area contributed by atoms with Gasteiger partial charge in [-0.25, -0.2) is 18.7 Å². The minimum atomic E-state index is -3.57. The van der Waals surface area contributed by atoms with Gasteiger partial charge in [0, 0.05) is 30.3 Å². The van der Waals surface area contributed by atoms with Gasteiger partial charge in [-0.15, -0.1) is 0 Å². The van der Waals surface area contributed by atoms with Crippen LogP contribution < -0.4 is 10.6 Å². The van der Waals surface area contributed by atoms with Crippen molar-refractivity contribution < 1.29 is 28.9 Å². The van der Waals surface area contributed by atoms with Gasteiger partial charge in [-0.05, 0) is 30.2 Å². The number of anilines is 2. The van der Waals surface area contributed by atoms with Crippen molar-refractivity contribution in [2.24, 2.45) is 0 Å². The molecule has 0 unspecified atom stereocenters. The van der Waals surface area contributed by atoms with E-state index in [1.54, 1.807) is 30.0 Å². The Morgan fingerprint density at radius 2 is 1.91 bits per heavy atom. The van der Waals surface area contributed by atoms with Gasteiger partial charge >= 0.3 is 11.8 Å². The molecule has 2 aromatic carbocycles. The molecule has 3 N–H and O–H groups in total.